The van der Waals surface area contributed by atoms with Gasteiger partial charge in [-0.2, -0.15) is 4.98 Å². The average Bonchev–Trinajstić information content (AvgIpc) is 3.19. The lowest BCUT2D eigenvalue weighted by atomic mass is 10.1. The SMILES string of the molecule is CCCCOc1ccccc1-c1nc([C@H]2CCOC2)no1. The lowest BCUT2D eigenvalue weighted by molar-refractivity contribution is 0.192. The van der Waals surface area contributed by atoms with Gasteiger partial charge in [-0.25, -0.2) is 0 Å². The van der Waals surface area contributed by atoms with E-state index in [1.165, 1.54) is 0 Å². The van der Waals surface area contributed by atoms with Crippen molar-refractivity contribution in [1.82, 2.24) is 10.1 Å². The zero-order chi connectivity index (χ0) is 14.5. The van der Waals surface area contributed by atoms with Crippen molar-refractivity contribution in [2.24, 2.45) is 0 Å². The van der Waals surface area contributed by atoms with Gasteiger partial charge in [0.2, 0.25) is 0 Å². The molecule has 5 heteroatoms. The van der Waals surface area contributed by atoms with E-state index in [4.69, 9.17) is 14.0 Å². The molecule has 1 aromatic heterocycles. The maximum Gasteiger partial charge on any atom is 0.261 e. The molecule has 2 aromatic rings. The molecule has 1 aliphatic rings. The minimum Gasteiger partial charge on any atom is -0.493 e. The largest absolute Gasteiger partial charge is 0.493 e. The summed E-state index contributed by atoms with van der Waals surface area (Å²) >= 11 is 0. The van der Waals surface area contributed by atoms with Crippen LogP contribution in [0.1, 0.15) is 37.9 Å². The van der Waals surface area contributed by atoms with Gasteiger partial charge in [-0.05, 0) is 25.0 Å². The highest BCUT2D eigenvalue weighted by Crippen LogP contribution is 2.31. The van der Waals surface area contributed by atoms with Crippen molar-refractivity contribution < 1.29 is 14.0 Å². The Hall–Kier alpha value is -1.88. The van der Waals surface area contributed by atoms with Crippen molar-refractivity contribution in [1.29, 1.82) is 0 Å². The minimum atomic E-state index is 0.246. The summed E-state index contributed by atoms with van der Waals surface area (Å²) in [5.74, 6) is 2.29. The maximum absolute atomic E-state index is 5.81. The molecule has 1 aliphatic heterocycles. The van der Waals surface area contributed by atoms with Crippen LogP contribution in [-0.4, -0.2) is 30.0 Å². The van der Waals surface area contributed by atoms with Gasteiger partial charge in [-0.3, -0.25) is 0 Å². The maximum atomic E-state index is 5.81. The molecule has 0 amide bonds. The van der Waals surface area contributed by atoms with Gasteiger partial charge in [-0.15, -0.1) is 0 Å². The summed E-state index contributed by atoms with van der Waals surface area (Å²) in [7, 11) is 0. The standard InChI is InChI=1S/C16H20N2O3/c1-2-3-9-20-14-7-5-4-6-13(14)16-17-15(18-21-16)12-8-10-19-11-12/h4-7,12H,2-3,8-11H2,1H3/t12-/m0/s1. The molecule has 0 spiro atoms. The lowest BCUT2D eigenvalue weighted by Crippen LogP contribution is -2.00. The Morgan fingerprint density at radius 3 is 3.05 bits per heavy atom. The molecule has 1 fully saturated rings. The minimum absolute atomic E-state index is 0.246. The van der Waals surface area contributed by atoms with Crippen molar-refractivity contribution >= 4 is 0 Å². The number of aromatic nitrogens is 2. The molecule has 1 aromatic carbocycles. The Kier molecular flexibility index (Phi) is 4.50. The fourth-order valence-corrected chi connectivity index (χ4v) is 2.34. The Morgan fingerprint density at radius 2 is 2.24 bits per heavy atom. The number of nitrogens with zero attached hydrogens (tertiary/aromatic N) is 2. The van der Waals surface area contributed by atoms with Gasteiger partial charge >= 0.3 is 0 Å². The van der Waals surface area contributed by atoms with Gasteiger partial charge in [0.1, 0.15) is 5.75 Å². The monoisotopic (exact) mass is 288 g/mol. The first-order chi connectivity index (χ1) is 10.4. The van der Waals surface area contributed by atoms with Gasteiger partial charge in [0.15, 0.2) is 5.82 Å². The second-order valence-electron chi connectivity index (χ2n) is 5.22. The van der Waals surface area contributed by atoms with Gasteiger partial charge in [0.25, 0.3) is 5.89 Å². The summed E-state index contributed by atoms with van der Waals surface area (Å²) in [6.07, 6.45) is 3.09. The molecular formula is C16H20N2O3. The van der Waals surface area contributed by atoms with E-state index in [1.54, 1.807) is 0 Å². The molecule has 0 aliphatic carbocycles. The first kappa shape index (κ1) is 14.1. The second-order valence-corrected chi connectivity index (χ2v) is 5.22. The van der Waals surface area contributed by atoms with Crippen molar-refractivity contribution in [2.75, 3.05) is 19.8 Å². The second kappa shape index (κ2) is 6.72. The van der Waals surface area contributed by atoms with E-state index in [2.05, 4.69) is 17.1 Å². The lowest BCUT2D eigenvalue weighted by Gasteiger charge is -2.08. The van der Waals surface area contributed by atoms with Crippen LogP contribution in [0.4, 0.5) is 0 Å². The number of hydrogen-bond donors (Lipinski definition) is 0. The molecule has 112 valence electrons. The van der Waals surface area contributed by atoms with Gasteiger partial charge in [0.05, 0.1) is 18.8 Å². The van der Waals surface area contributed by atoms with Crippen LogP contribution in [0.5, 0.6) is 5.75 Å². The first-order valence-electron chi connectivity index (χ1n) is 7.52. The van der Waals surface area contributed by atoms with E-state index >= 15 is 0 Å². The van der Waals surface area contributed by atoms with Crippen LogP contribution in [0.25, 0.3) is 11.5 Å². The predicted molar refractivity (Wildman–Crippen MR) is 78.3 cm³/mol. The summed E-state index contributed by atoms with van der Waals surface area (Å²) in [5.41, 5.74) is 0.853. The molecule has 0 saturated carbocycles. The number of benzene rings is 1. The van der Waals surface area contributed by atoms with E-state index in [0.29, 0.717) is 19.1 Å². The van der Waals surface area contributed by atoms with Crippen molar-refractivity contribution in [2.45, 2.75) is 32.1 Å². The van der Waals surface area contributed by atoms with Crippen LogP contribution in [0, 0.1) is 0 Å². The van der Waals surface area contributed by atoms with Gasteiger partial charge < -0.3 is 14.0 Å². The van der Waals surface area contributed by atoms with Crippen LogP contribution in [0.3, 0.4) is 0 Å². The van der Waals surface area contributed by atoms with Crippen molar-refractivity contribution in [3.05, 3.63) is 30.1 Å². The molecule has 0 N–H and O–H groups in total. The Balaban J connectivity index is 1.79. The van der Waals surface area contributed by atoms with Crippen LogP contribution in [0.15, 0.2) is 28.8 Å². The smallest absolute Gasteiger partial charge is 0.261 e. The predicted octanol–water partition coefficient (Wildman–Crippen LogP) is 3.42. The van der Waals surface area contributed by atoms with Crippen molar-refractivity contribution in [3.63, 3.8) is 0 Å². The van der Waals surface area contributed by atoms with Crippen LogP contribution in [-0.2, 0) is 4.74 Å². The topological polar surface area (TPSA) is 57.4 Å². The van der Waals surface area contributed by atoms with E-state index in [1.807, 2.05) is 24.3 Å². The molecule has 0 unspecified atom stereocenters. The third-order valence-electron chi connectivity index (χ3n) is 3.61. The summed E-state index contributed by atoms with van der Waals surface area (Å²) in [4.78, 5) is 4.51. The van der Waals surface area contributed by atoms with Gasteiger partial charge in [-0.1, -0.05) is 30.6 Å². The molecule has 0 bridgehead atoms. The zero-order valence-corrected chi connectivity index (χ0v) is 12.2. The number of unbranched alkanes of at least 4 members (excludes halogenated alkanes) is 1. The van der Waals surface area contributed by atoms with Crippen LogP contribution in [0.2, 0.25) is 0 Å². The summed E-state index contributed by atoms with van der Waals surface area (Å²) in [5, 5.41) is 4.09. The van der Waals surface area contributed by atoms with E-state index in [0.717, 1.165) is 43.0 Å². The van der Waals surface area contributed by atoms with E-state index in [-0.39, 0.29) is 5.92 Å². The molecule has 0 radical (unpaired) electrons. The Bertz CT molecular complexity index is 576. The molecule has 1 saturated heterocycles. The highest BCUT2D eigenvalue weighted by molar-refractivity contribution is 5.62. The highest BCUT2D eigenvalue weighted by atomic mass is 16.5. The van der Waals surface area contributed by atoms with Crippen LogP contribution >= 0.6 is 0 Å². The molecule has 5 nitrogen and oxygen atoms in total. The molecule has 21 heavy (non-hydrogen) atoms. The zero-order valence-electron chi connectivity index (χ0n) is 12.2. The fraction of sp³-hybridized carbons (Fsp3) is 0.500. The van der Waals surface area contributed by atoms with Gasteiger partial charge in [0, 0.05) is 12.5 Å². The average molecular weight is 288 g/mol. The Labute approximate surface area is 124 Å². The fourth-order valence-electron chi connectivity index (χ4n) is 2.34. The van der Waals surface area contributed by atoms with Crippen molar-refractivity contribution in [3.8, 4) is 17.2 Å². The third kappa shape index (κ3) is 3.24. The van der Waals surface area contributed by atoms with Crippen LogP contribution < -0.4 is 4.74 Å². The first-order valence-corrected chi connectivity index (χ1v) is 7.52. The van der Waals surface area contributed by atoms with E-state index in [9.17, 15) is 0 Å². The summed E-state index contributed by atoms with van der Waals surface area (Å²) < 4.78 is 16.6. The number of rotatable bonds is 6. The number of ether oxygens (including phenoxy) is 2. The molecule has 1 atom stereocenters. The molecule has 3 rings (SSSR count). The molecule has 2 heterocycles. The van der Waals surface area contributed by atoms with E-state index < -0.39 is 0 Å². The Morgan fingerprint density at radius 1 is 1.33 bits per heavy atom. The number of hydrogen-bond acceptors (Lipinski definition) is 5. The highest BCUT2D eigenvalue weighted by Gasteiger charge is 2.24. The number of para-hydroxylation sites is 1. The summed E-state index contributed by atoms with van der Waals surface area (Å²) in [6.45, 7) is 4.28. The normalized spacial score (nSPS) is 18.0. The molecular weight excluding hydrogens is 268 g/mol. The summed E-state index contributed by atoms with van der Waals surface area (Å²) in [6, 6.07) is 7.79. The quantitative estimate of drug-likeness (QED) is 0.762. The third-order valence-corrected chi connectivity index (χ3v) is 3.61.